The second kappa shape index (κ2) is 12.1. The van der Waals surface area contributed by atoms with Crippen LogP contribution in [0.4, 0.5) is 0 Å². The molecule has 0 atom stereocenters. The molecule has 0 heterocycles. The highest BCUT2D eigenvalue weighted by Gasteiger charge is 2.34. The van der Waals surface area contributed by atoms with Crippen molar-refractivity contribution in [3.63, 3.8) is 0 Å². The molecule has 0 aliphatic carbocycles. The van der Waals surface area contributed by atoms with Gasteiger partial charge in [-0.05, 0) is 48.1 Å². The molecule has 0 spiro atoms. The molecule has 3 heteroatoms. The minimum absolute atomic E-state index is 0.0314. The van der Waals surface area contributed by atoms with Crippen molar-refractivity contribution in [2.24, 2.45) is 0 Å². The van der Waals surface area contributed by atoms with Gasteiger partial charge >= 0.3 is 5.97 Å². The molecule has 3 nitrogen and oxygen atoms in total. The van der Waals surface area contributed by atoms with Gasteiger partial charge in [0.25, 0.3) is 0 Å². The van der Waals surface area contributed by atoms with E-state index in [0.717, 1.165) is 19.3 Å². The summed E-state index contributed by atoms with van der Waals surface area (Å²) in [6.07, 6.45) is 2.71. The quantitative estimate of drug-likeness (QED) is 0.231. The van der Waals surface area contributed by atoms with Crippen LogP contribution < -0.4 is 5.32 Å². The van der Waals surface area contributed by atoms with E-state index in [4.69, 9.17) is 5.11 Å². The smallest absolute Gasteiger partial charge is 0.317 e. The third-order valence-electron chi connectivity index (χ3n) is 6.92. The molecule has 0 saturated carbocycles. The van der Waals surface area contributed by atoms with E-state index in [1.165, 1.54) is 22.3 Å². The van der Waals surface area contributed by atoms with Crippen LogP contribution >= 0.6 is 0 Å². The first-order chi connectivity index (χ1) is 17.2. The highest BCUT2D eigenvalue weighted by Crippen LogP contribution is 2.43. The molecule has 0 amide bonds. The lowest BCUT2D eigenvalue weighted by molar-refractivity contribution is -0.135. The Bertz CT molecular complexity index is 1080. The summed E-state index contributed by atoms with van der Waals surface area (Å²) < 4.78 is 0. The summed E-state index contributed by atoms with van der Waals surface area (Å²) in [5, 5.41) is 12.3. The standard InChI is InChI=1S/C32H33NO2/c34-31(35)25-33-24-23-32(28-17-9-3-10-18-28,29-19-11-4-12-20-29)22-21-30(26-13-5-1-6-14-26)27-15-7-2-8-16-27/h1-20,30,33H,21-25H2,(H,34,35). The van der Waals surface area contributed by atoms with Crippen molar-refractivity contribution in [1.29, 1.82) is 0 Å². The van der Waals surface area contributed by atoms with Crippen molar-refractivity contribution in [3.8, 4) is 0 Å². The van der Waals surface area contributed by atoms with Crippen LogP contribution in [0.1, 0.15) is 47.4 Å². The molecule has 4 rings (SSSR count). The van der Waals surface area contributed by atoms with Crippen LogP contribution in [0, 0.1) is 0 Å². The Morgan fingerprint density at radius 2 is 1.09 bits per heavy atom. The van der Waals surface area contributed by atoms with E-state index in [1.54, 1.807) is 0 Å². The maximum atomic E-state index is 11.1. The number of nitrogens with one attached hydrogen (secondary N) is 1. The zero-order valence-corrected chi connectivity index (χ0v) is 20.0. The van der Waals surface area contributed by atoms with Crippen molar-refractivity contribution in [2.75, 3.05) is 13.1 Å². The number of carboxylic acids is 1. The highest BCUT2D eigenvalue weighted by molar-refractivity contribution is 5.69. The molecule has 0 bridgehead atoms. The second-order valence-corrected chi connectivity index (χ2v) is 9.05. The summed E-state index contributed by atoms with van der Waals surface area (Å²) in [6.45, 7) is 0.591. The van der Waals surface area contributed by atoms with Gasteiger partial charge in [-0.1, -0.05) is 121 Å². The molecular weight excluding hydrogens is 430 g/mol. The van der Waals surface area contributed by atoms with Crippen LogP contribution in [0.2, 0.25) is 0 Å². The SMILES string of the molecule is O=C(O)CNCCC(CCC(c1ccccc1)c1ccccc1)(c1ccccc1)c1ccccc1. The highest BCUT2D eigenvalue weighted by atomic mass is 16.4. The monoisotopic (exact) mass is 463 g/mol. The number of aliphatic carboxylic acids is 1. The molecule has 178 valence electrons. The van der Waals surface area contributed by atoms with Crippen molar-refractivity contribution >= 4 is 5.97 Å². The number of carbonyl (C=O) groups is 1. The molecular formula is C32H33NO2. The second-order valence-electron chi connectivity index (χ2n) is 9.05. The lowest BCUT2D eigenvalue weighted by Gasteiger charge is -2.37. The molecule has 4 aromatic carbocycles. The van der Waals surface area contributed by atoms with E-state index < -0.39 is 5.97 Å². The minimum Gasteiger partial charge on any atom is -0.480 e. The van der Waals surface area contributed by atoms with Gasteiger partial charge < -0.3 is 10.4 Å². The minimum atomic E-state index is -0.830. The van der Waals surface area contributed by atoms with E-state index in [2.05, 4.69) is 127 Å². The predicted octanol–water partition coefficient (Wildman–Crippen LogP) is 6.65. The van der Waals surface area contributed by atoms with Crippen molar-refractivity contribution in [1.82, 2.24) is 5.32 Å². The van der Waals surface area contributed by atoms with Crippen LogP contribution in [-0.4, -0.2) is 24.2 Å². The van der Waals surface area contributed by atoms with E-state index >= 15 is 0 Å². The fourth-order valence-corrected chi connectivity index (χ4v) is 5.17. The van der Waals surface area contributed by atoms with E-state index in [1.807, 2.05) is 0 Å². The Balaban J connectivity index is 1.72. The number of carboxylic acid groups (broad SMARTS) is 1. The normalized spacial score (nSPS) is 11.5. The Morgan fingerprint density at radius 3 is 1.51 bits per heavy atom. The first-order valence-corrected chi connectivity index (χ1v) is 12.3. The molecule has 0 fully saturated rings. The van der Waals surface area contributed by atoms with E-state index in [-0.39, 0.29) is 17.9 Å². The Morgan fingerprint density at radius 1 is 0.657 bits per heavy atom. The van der Waals surface area contributed by atoms with Gasteiger partial charge in [-0.2, -0.15) is 0 Å². The van der Waals surface area contributed by atoms with Crippen LogP contribution in [0.5, 0.6) is 0 Å². The van der Waals surface area contributed by atoms with Gasteiger partial charge in [-0.25, -0.2) is 0 Å². The molecule has 2 N–H and O–H groups in total. The molecule has 0 unspecified atom stereocenters. The zero-order chi connectivity index (χ0) is 24.3. The summed E-state index contributed by atoms with van der Waals surface area (Å²) >= 11 is 0. The molecule has 0 aliphatic rings. The van der Waals surface area contributed by atoms with Crippen molar-refractivity contribution in [3.05, 3.63) is 144 Å². The van der Waals surface area contributed by atoms with Gasteiger partial charge in [0.15, 0.2) is 0 Å². The van der Waals surface area contributed by atoms with Crippen LogP contribution in [0.3, 0.4) is 0 Å². The lowest BCUT2D eigenvalue weighted by atomic mass is 9.67. The predicted molar refractivity (Wildman–Crippen MR) is 143 cm³/mol. The summed E-state index contributed by atoms with van der Waals surface area (Å²) in [4.78, 5) is 11.1. The maximum absolute atomic E-state index is 11.1. The average Bonchev–Trinajstić information content (AvgIpc) is 2.92. The first kappa shape index (κ1) is 24.4. The number of benzene rings is 4. The molecule has 35 heavy (non-hydrogen) atoms. The average molecular weight is 464 g/mol. The lowest BCUT2D eigenvalue weighted by Crippen LogP contribution is -2.34. The van der Waals surface area contributed by atoms with Crippen LogP contribution in [-0.2, 0) is 10.2 Å². The topological polar surface area (TPSA) is 49.3 Å². The summed E-state index contributed by atoms with van der Waals surface area (Å²) in [5.74, 6) is -0.556. The molecule has 0 radical (unpaired) electrons. The van der Waals surface area contributed by atoms with Crippen molar-refractivity contribution < 1.29 is 9.90 Å². The maximum Gasteiger partial charge on any atom is 0.317 e. The van der Waals surface area contributed by atoms with Crippen LogP contribution in [0.25, 0.3) is 0 Å². The van der Waals surface area contributed by atoms with Crippen LogP contribution in [0.15, 0.2) is 121 Å². The van der Waals surface area contributed by atoms with Gasteiger partial charge in [0.1, 0.15) is 0 Å². The fraction of sp³-hybridized carbons (Fsp3) is 0.219. The molecule has 0 aromatic heterocycles. The summed E-state index contributed by atoms with van der Waals surface area (Å²) in [7, 11) is 0. The van der Waals surface area contributed by atoms with Gasteiger partial charge in [0.05, 0.1) is 6.54 Å². The Labute approximate surface area is 208 Å². The third-order valence-corrected chi connectivity index (χ3v) is 6.92. The van der Waals surface area contributed by atoms with Gasteiger partial charge in [-0.15, -0.1) is 0 Å². The fourth-order valence-electron chi connectivity index (χ4n) is 5.17. The molecule has 0 aliphatic heterocycles. The van der Waals surface area contributed by atoms with E-state index in [0.29, 0.717) is 6.54 Å². The van der Waals surface area contributed by atoms with E-state index in [9.17, 15) is 4.79 Å². The molecule has 4 aromatic rings. The number of hydrogen-bond donors (Lipinski definition) is 2. The number of hydrogen-bond acceptors (Lipinski definition) is 2. The first-order valence-electron chi connectivity index (χ1n) is 12.3. The largest absolute Gasteiger partial charge is 0.480 e. The van der Waals surface area contributed by atoms with Gasteiger partial charge in [0, 0.05) is 11.3 Å². The Hall–Kier alpha value is -3.69. The third kappa shape index (κ3) is 6.26. The number of rotatable bonds is 12. The van der Waals surface area contributed by atoms with Gasteiger partial charge in [0.2, 0.25) is 0 Å². The summed E-state index contributed by atoms with van der Waals surface area (Å²) in [5.41, 5.74) is 4.93. The molecule has 0 saturated heterocycles. The Kier molecular flexibility index (Phi) is 8.48. The zero-order valence-electron chi connectivity index (χ0n) is 20.0. The van der Waals surface area contributed by atoms with Gasteiger partial charge in [-0.3, -0.25) is 4.79 Å². The summed E-state index contributed by atoms with van der Waals surface area (Å²) in [6, 6.07) is 42.8. The van der Waals surface area contributed by atoms with Crippen molar-refractivity contribution in [2.45, 2.75) is 30.6 Å².